The zero-order valence-corrected chi connectivity index (χ0v) is 32.5. The van der Waals surface area contributed by atoms with E-state index in [9.17, 15) is 65.1 Å². The van der Waals surface area contributed by atoms with Gasteiger partial charge >= 0.3 is 5.97 Å². The smallest absolute Gasteiger partial charge is 0.306 e. The highest BCUT2D eigenvalue weighted by atomic mass is 16.8. The van der Waals surface area contributed by atoms with Gasteiger partial charge in [-0.15, -0.1) is 0 Å². The van der Waals surface area contributed by atoms with E-state index in [1.807, 2.05) is 27.7 Å². The van der Waals surface area contributed by atoms with Crippen LogP contribution >= 0.6 is 0 Å². The summed E-state index contributed by atoms with van der Waals surface area (Å²) in [5.41, 5.74) is -6.88. The maximum absolute atomic E-state index is 14.3. The Balaban J connectivity index is 3.98. The first-order valence-electron chi connectivity index (χ1n) is 19.8. The van der Waals surface area contributed by atoms with Crippen molar-refractivity contribution in [1.29, 1.82) is 0 Å². The number of hydrogen-bond donors (Lipinski definition) is 9. The quantitative estimate of drug-likeness (QED) is 0.0280. The lowest BCUT2D eigenvalue weighted by Gasteiger charge is -2.55. The molecule has 316 valence electrons. The van der Waals surface area contributed by atoms with Crippen molar-refractivity contribution in [3.05, 3.63) is 0 Å². The van der Waals surface area contributed by atoms with E-state index in [1.165, 1.54) is 0 Å². The van der Waals surface area contributed by atoms with Crippen LogP contribution in [0.25, 0.3) is 0 Å². The van der Waals surface area contributed by atoms with Gasteiger partial charge in [0, 0.05) is 25.7 Å². The second kappa shape index (κ2) is 25.3. The molecule has 1 aliphatic heterocycles. The van der Waals surface area contributed by atoms with E-state index in [0.29, 0.717) is 57.8 Å². The first kappa shape index (κ1) is 50.1. The summed E-state index contributed by atoms with van der Waals surface area (Å²) in [5, 5.41) is 97.9. The average Bonchev–Trinajstić information content (AvgIpc) is 3.15. The van der Waals surface area contributed by atoms with Crippen LogP contribution in [0.2, 0.25) is 0 Å². The molecule has 11 atom stereocenters. The van der Waals surface area contributed by atoms with Gasteiger partial charge in [0.15, 0.2) is 35.3 Å². The maximum atomic E-state index is 14.3. The van der Waals surface area contributed by atoms with Crippen LogP contribution in [0, 0.1) is 0 Å². The normalized spacial score (nSPS) is 26.4. The Morgan fingerprint density at radius 2 is 1.07 bits per heavy atom. The molecule has 0 aliphatic carbocycles. The minimum Gasteiger partial charge on any atom is -0.453 e. The molecule has 16 nitrogen and oxygen atoms in total. The van der Waals surface area contributed by atoms with Crippen LogP contribution in [0.5, 0.6) is 0 Å². The maximum Gasteiger partial charge on any atom is 0.306 e. The fraction of sp³-hybridized carbons (Fsp3) is 0.895. The number of carbonyl (C=O) groups excluding carboxylic acids is 4. The number of ketones is 3. The Labute approximate surface area is 318 Å². The minimum absolute atomic E-state index is 0.143. The molecule has 1 aliphatic rings. The van der Waals surface area contributed by atoms with Crippen LogP contribution in [-0.2, 0) is 33.4 Å². The molecule has 16 heteroatoms. The van der Waals surface area contributed by atoms with Crippen molar-refractivity contribution >= 4 is 23.3 Å². The summed E-state index contributed by atoms with van der Waals surface area (Å²) in [6, 6.07) is 0. The van der Waals surface area contributed by atoms with Crippen LogP contribution < -0.4 is 0 Å². The molecule has 0 spiro atoms. The Kier molecular flexibility index (Phi) is 23.5. The number of Topliss-reactive ketones (excluding diaryl/α,β-unsaturated/α-hetero) is 3. The van der Waals surface area contributed by atoms with Gasteiger partial charge in [-0.2, -0.15) is 0 Å². The third kappa shape index (κ3) is 13.3. The van der Waals surface area contributed by atoms with Gasteiger partial charge in [-0.3, -0.25) is 19.2 Å². The number of ether oxygens (including phenoxy) is 3. The highest BCUT2D eigenvalue weighted by molar-refractivity contribution is 6.01. The summed E-state index contributed by atoms with van der Waals surface area (Å²) in [4.78, 5) is 55.3. The second-order valence-electron chi connectivity index (χ2n) is 14.4. The zero-order valence-electron chi connectivity index (χ0n) is 32.5. The summed E-state index contributed by atoms with van der Waals surface area (Å²) in [7, 11) is 0. The van der Waals surface area contributed by atoms with Gasteiger partial charge in [-0.05, 0) is 25.7 Å². The third-order valence-corrected chi connectivity index (χ3v) is 10.0. The molecule has 0 aromatic heterocycles. The first-order valence-corrected chi connectivity index (χ1v) is 19.8. The van der Waals surface area contributed by atoms with Crippen molar-refractivity contribution in [3.63, 3.8) is 0 Å². The van der Waals surface area contributed by atoms with Gasteiger partial charge in [0.1, 0.15) is 36.6 Å². The fourth-order valence-electron chi connectivity index (χ4n) is 6.55. The molecule has 2 unspecified atom stereocenters. The summed E-state index contributed by atoms with van der Waals surface area (Å²) >= 11 is 0. The van der Waals surface area contributed by atoms with Gasteiger partial charge in [-0.25, -0.2) is 0 Å². The molecular weight excluding hydrogens is 712 g/mol. The summed E-state index contributed by atoms with van der Waals surface area (Å²) < 4.78 is 16.9. The van der Waals surface area contributed by atoms with Gasteiger partial charge in [0.25, 0.3) is 0 Å². The molecule has 0 aromatic carbocycles. The molecule has 9 N–H and O–H groups in total. The van der Waals surface area contributed by atoms with Crippen molar-refractivity contribution in [2.24, 2.45) is 0 Å². The Morgan fingerprint density at radius 3 is 1.59 bits per heavy atom. The Hall–Kier alpha value is -1.96. The molecule has 54 heavy (non-hydrogen) atoms. The molecular formula is C38H68O16. The summed E-state index contributed by atoms with van der Waals surface area (Å²) in [5.74, 6) is -4.36. The van der Waals surface area contributed by atoms with Crippen molar-refractivity contribution in [1.82, 2.24) is 0 Å². The molecule has 0 amide bonds. The SMILES string of the molecule is CCCCCCCC(=O)O[C@@H]1[C@H](OC(O)[C@@H](O)[C@@H](O)[C@H](O)[C@@H](O)CO)O[C@H](C(O)C(=O)CCCCC)[C@](O)(C(=O)CCCCC)[C@@]1(O)C(=O)CCCCC. The zero-order chi connectivity index (χ0) is 41.1. The molecule has 1 heterocycles. The average molecular weight is 781 g/mol. The molecule has 0 radical (unpaired) electrons. The fourth-order valence-corrected chi connectivity index (χ4v) is 6.55. The van der Waals surface area contributed by atoms with Crippen molar-refractivity contribution in [3.8, 4) is 0 Å². The molecule has 0 aromatic rings. The van der Waals surface area contributed by atoms with E-state index < -0.39 is 109 Å². The molecule has 0 bridgehead atoms. The lowest BCUT2D eigenvalue weighted by atomic mass is 9.64. The predicted octanol–water partition coefficient (Wildman–Crippen LogP) is 1.03. The van der Waals surface area contributed by atoms with Gasteiger partial charge in [0.05, 0.1) is 6.61 Å². The van der Waals surface area contributed by atoms with Crippen LogP contribution in [0.3, 0.4) is 0 Å². The topological polar surface area (TPSA) is 278 Å². The summed E-state index contributed by atoms with van der Waals surface area (Å²) in [6.45, 7) is 6.51. The predicted molar refractivity (Wildman–Crippen MR) is 193 cm³/mol. The number of hydrogen-bond acceptors (Lipinski definition) is 16. The Bertz CT molecular complexity index is 1120. The number of carbonyl (C=O) groups is 4. The van der Waals surface area contributed by atoms with Crippen molar-refractivity contribution in [2.45, 2.75) is 210 Å². The first-order chi connectivity index (χ1) is 25.5. The monoisotopic (exact) mass is 780 g/mol. The van der Waals surface area contributed by atoms with Crippen LogP contribution in [0.1, 0.15) is 143 Å². The summed E-state index contributed by atoms with van der Waals surface area (Å²) in [6.07, 6.45) is -15.2. The number of aliphatic hydroxyl groups is 9. The lowest BCUT2D eigenvalue weighted by Crippen LogP contribution is -2.82. The standard InChI is InChI=1S/C38H68O16/c1-5-9-13-14-18-22-28(44)52-34-36(54-35(49)32(48)31(47)29(45)25(41)23-39)53-33(30(46)24(40)19-15-10-6-2)37(50,26(42)20-16-11-7-3)38(34,51)27(43)21-17-12-8-4/h25,29-36,39,41,45-51H,5-23H2,1-4H3/t25-,29+,30?,31-,32-,33+,34+,35?,36-,37+,38+/m0/s1. The van der Waals surface area contributed by atoms with E-state index in [4.69, 9.17) is 14.2 Å². The number of aliphatic hydroxyl groups excluding tert-OH is 7. The third-order valence-electron chi connectivity index (χ3n) is 10.0. The van der Waals surface area contributed by atoms with Crippen LogP contribution in [0.15, 0.2) is 0 Å². The largest absolute Gasteiger partial charge is 0.453 e. The highest BCUT2D eigenvalue weighted by Crippen LogP contribution is 2.45. The molecule has 1 rings (SSSR count). The number of unbranched alkanes of at least 4 members (excludes halogenated alkanes) is 10. The number of esters is 1. The van der Waals surface area contributed by atoms with Crippen LogP contribution in [-0.4, -0.2) is 142 Å². The van der Waals surface area contributed by atoms with Crippen LogP contribution in [0.4, 0.5) is 0 Å². The van der Waals surface area contributed by atoms with E-state index in [1.54, 1.807) is 0 Å². The molecule has 0 saturated carbocycles. The highest BCUT2D eigenvalue weighted by Gasteiger charge is 2.74. The molecule has 1 saturated heterocycles. The van der Waals surface area contributed by atoms with E-state index in [-0.39, 0.29) is 25.7 Å². The van der Waals surface area contributed by atoms with Crippen molar-refractivity contribution < 1.29 is 79.3 Å². The van der Waals surface area contributed by atoms with Gasteiger partial charge < -0.3 is 60.2 Å². The van der Waals surface area contributed by atoms with Crippen molar-refractivity contribution in [2.75, 3.05) is 6.61 Å². The second-order valence-corrected chi connectivity index (χ2v) is 14.4. The molecule has 1 fully saturated rings. The minimum atomic E-state index is -3.46. The van der Waals surface area contributed by atoms with E-state index in [0.717, 1.165) is 19.3 Å². The number of rotatable bonds is 30. The van der Waals surface area contributed by atoms with E-state index >= 15 is 0 Å². The van der Waals surface area contributed by atoms with Gasteiger partial charge in [0.2, 0.25) is 11.9 Å². The Morgan fingerprint density at radius 1 is 0.611 bits per heavy atom. The van der Waals surface area contributed by atoms with E-state index in [2.05, 4.69) is 0 Å². The lowest BCUT2D eigenvalue weighted by molar-refractivity contribution is -0.378. The van der Waals surface area contributed by atoms with Gasteiger partial charge in [-0.1, -0.05) is 91.9 Å².